The molecule has 94 valence electrons. The van der Waals surface area contributed by atoms with Crippen molar-refractivity contribution in [3.05, 3.63) is 16.1 Å². The van der Waals surface area contributed by atoms with Crippen LogP contribution in [-0.2, 0) is 4.74 Å². The molecule has 5 nitrogen and oxygen atoms in total. The summed E-state index contributed by atoms with van der Waals surface area (Å²) >= 11 is 1.56. The van der Waals surface area contributed by atoms with Crippen LogP contribution in [0.25, 0.3) is 0 Å². The first-order valence-electron chi connectivity index (χ1n) is 5.72. The van der Waals surface area contributed by atoms with Crippen molar-refractivity contribution in [3.8, 4) is 0 Å². The second kappa shape index (κ2) is 5.46. The van der Waals surface area contributed by atoms with Gasteiger partial charge in [0, 0.05) is 17.7 Å². The molecule has 0 bridgehead atoms. The summed E-state index contributed by atoms with van der Waals surface area (Å²) < 4.78 is 5.20. The zero-order valence-electron chi connectivity index (χ0n) is 10.0. The Morgan fingerprint density at radius 1 is 1.71 bits per heavy atom. The molecule has 0 saturated carbocycles. The molecule has 2 rings (SSSR count). The summed E-state index contributed by atoms with van der Waals surface area (Å²) in [6, 6.07) is -0.0721. The molecule has 2 heterocycles. The number of amides is 2. The molecule has 17 heavy (non-hydrogen) atoms. The number of ether oxygens (including phenoxy) is 1. The summed E-state index contributed by atoms with van der Waals surface area (Å²) in [4.78, 5) is 16.0. The van der Waals surface area contributed by atoms with Gasteiger partial charge in [0.25, 0.3) is 0 Å². The van der Waals surface area contributed by atoms with E-state index in [9.17, 15) is 4.79 Å². The molecule has 0 spiro atoms. The fourth-order valence-electron chi connectivity index (χ4n) is 1.70. The topological polar surface area (TPSA) is 63.2 Å². The molecule has 1 aliphatic rings. The zero-order valence-corrected chi connectivity index (χ0v) is 10.8. The largest absolute Gasteiger partial charge is 0.379 e. The van der Waals surface area contributed by atoms with Gasteiger partial charge >= 0.3 is 6.03 Å². The van der Waals surface area contributed by atoms with Crippen molar-refractivity contribution in [1.29, 1.82) is 0 Å². The molecule has 2 amide bonds. The minimum absolute atomic E-state index is 0.0592. The quantitative estimate of drug-likeness (QED) is 0.862. The average Bonchev–Trinajstić information content (AvgIpc) is 2.89. The molecule has 6 heteroatoms. The lowest BCUT2D eigenvalue weighted by molar-refractivity contribution is 0.188. The number of hydrogen-bond acceptors (Lipinski definition) is 4. The van der Waals surface area contributed by atoms with E-state index >= 15 is 0 Å². The van der Waals surface area contributed by atoms with Crippen LogP contribution in [0.1, 0.15) is 30.1 Å². The number of rotatable bonds is 3. The van der Waals surface area contributed by atoms with Gasteiger partial charge in [0.15, 0.2) is 0 Å². The smallest absolute Gasteiger partial charge is 0.315 e. The number of aryl methyl sites for hydroxylation is 1. The van der Waals surface area contributed by atoms with E-state index in [1.165, 1.54) is 0 Å². The van der Waals surface area contributed by atoms with E-state index in [4.69, 9.17) is 4.74 Å². The minimum Gasteiger partial charge on any atom is -0.379 e. The summed E-state index contributed by atoms with van der Waals surface area (Å²) in [6.07, 6.45) is 0.887. The molecule has 1 saturated heterocycles. The fraction of sp³-hybridized carbons (Fsp3) is 0.636. The SMILES string of the molecule is Cc1csc(C(C)NC(=O)NC2CCOC2)n1. The third-order valence-corrected chi connectivity index (χ3v) is 3.76. The van der Waals surface area contributed by atoms with E-state index in [1.54, 1.807) is 11.3 Å². The summed E-state index contributed by atoms with van der Waals surface area (Å²) in [6.45, 7) is 5.22. The molecule has 2 N–H and O–H groups in total. The van der Waals surface area contributed by atoms with E-state index in [2.05, 4.69) is 15.6 Å². The van der Waals surface area contributed by atoms with Gasteiger partial charge in [-0.15, -0.1) is 11.3 Å². The second-order valence-corrected chi connectivity index (χ2v) is 5.12. The first-order valence-corrected chi connectivity index (χ1v) is 6.60. The number of hydrogen-bond donors (Lipinski definition) is 2. The highest BCUT2D eigenvalue weighted by Crippen LogP contribution is 2.17. The second-order valence-electron chi connectivity index (χ2n) is 4.23. The highest BCUT2D eigenvalue weighted by atomic mass is 32.1. The van der Waals surface area contributed by atoms with E-state index < -0.39 is 0 Å². The average molecular weight is 255 g/mol. The highest BCUT2D eigenvalue weighted by molar-refractivity contribution is 7.09. The third-order valence-electron chi connectivity index (χ3n) is 2.62. The minimum atomic E-state index is -0.152. The molecule has 1 aromatic rings. The van der Waals surface area contributed by atoms with Crippen LogP contribution in [-0.4, -0.2) is 30.3 Å². The van der Waals surface area contributed by atoms with Crippen molar-refractivity contribution in [2.24, 2.45) is 0 Å². The maximum atomic E-state index is 11.7. The van der Waals surface area contributed by atoms with Crippen LogP contribution in [0, 0.1) is 6.92 Å². The van der Waals surface area contributed by atoms with Gasteiger partial charge in [-0.25, -0.2) is 9.78 Å². The van der Waals surface area contributed by atoms with E-state index in [-0.39, 0.29) is 18.1 Å². The number of nitrogens with one attached hydrogen (secondary N) is 2. The predicted octanol–water partition coefficient (Wildman–Crippen LogP) is 1.60. The predicted molar refractivity (Wildman–Crippen MR) is 66.2 cm³/mol. The molecule has 2 unspecified atom stereocenters. The van der Waals surface area contributed by atoms with Gasteiger partial charge in [0.05, 0.1) is 18.7 Å². The van der Waals surface area contributed by atoms with Crippen LogP contribution < -0.4 is 10.6 Å². The molecule has 0 radical (unpaired) electrons. The fourth-order valence-corrected chi connectivity index (χ4v) is 2.51. The Balaban J connectivity index is 1.81. The van der Waals surface area contributed by atoms with Gasteiger partial charge in [0.1, 0.15) is 5.01 Å². The Morgan fingerprint density at radius 3 is 3.12 bits per heavy atom. The van der Waals surface area contributed by atoms with Crippen LogP contribution >= 0.6 is 11.3 Å². The zero-order chi connectivity index (χ0) is 12.3. The Kier molecular flexibility index (Phi) is 3.96. The van der Waals surface area contributed by atoms with Crippen molar-refractivity contribution in [1.82, 2.24) is 15.6 Å². The van der Waals surface area contributed by atoms with Crippen LogP contribution in [0.2, 0.25) is 0 Å². The molecule has 1 fully saturated rings. The summed E-state index contributed by atoms with van der Waals surface area (Å²) in [5.74, 6) is 0. The Labute approximate surface area is 105 Å². The highest BCUT2D eigenvalue weighted by Gasteiger charge is 2.19. The van der Waals surface area contributed by atoms with Gasteiger partial charge < -0.3 is 15.4 Å². The normalized spacial score (nSPS) is 21.2. The van der Waals surface area contributed by atoms with Gasteiger partial charge in [-0.1, -0.05) is 0 Å². The van der Waals surface area contributed by atoms with Crippen LogP contribution in [0.4, 0.5) is 4.79 Å². The first-order chi connectivity index (χ1) is 8.15. The van der Waals surface area contributed by atoms with E-state index in [1.807, 2.05) is 19.2 Å². The van der Waals surface area contributed by atoms with Crippen LogP contribution in [0.5, 0.6) is 0 Å². The van der Waals surface area contributed by atoms with E-state index in [0.29, 0.717) is 6.61 Å². The molecule has 1 aliphatic heterocycles. The van der Waals surface area contributed by atoms with Crippen molar-refractivity contribution < 1.29 is 9.53 Å². The third kappa shape index (κ3) is 3.41. The number of thiazole rings is 1. The summed E-state index contributed by atoms with van der Waals surface area (Å²) in [5.41, 5.74) is 0.989. The lowest BCUT2D eigenvalue weighted by atomic mass is 10.3. The van der Waals surface area contributed by atoms with Crippen LogP contribution in [0.15, 0.2) is 5.38 Å². The lowest BCUT2D eigenvalue weighted by Crippen LogP contribution is -2.43. The van der Waals surface area contributed by atoms with Gasteiger partial charge in [-0.3, -0.25) is 0 Å². The molecular formula is C11H17N3O2S. The van der Waals surface area contributed by atoms with Crippen molar-refractivity contribution >= 4 is 17.4 Å². The van der Waals surface area contributed by atoms with Gasteiger partial charge in [-0.05, 0) is 20.3 Å². The number of carbonyl (C=O) groups excluding carboxylic acids is 1. The van der Waals surface area contributed by atoms with Crippen molar-refractivity contribution in [3.63, 3.8) is 0 Å². The number of nitrogens with zero attached hydrogens (tertiary/aromatic N) is 1. The molecule has 0 aliphatic carbocycles. The lowest BCUT2D eigenvalue weighted by Gasteiger charge is -2.15. The van der Waals surface area contributed by atoms with Crippen molar-refractivity contribution in [2.45, 2.75) is 32.4 Å². The molecule has 2 atom stereocenters. The number of aromatic nitrogens is 1. The van der Waals surface area contributed by atoms with Gasteiger partial charge in [-0.2, -0.15) is 0 Å². The Hall–Kier alpha value is -1.14. The van der Waals surface area contributed by atoms with Gasteiger partial charge in [0.2, 0.25) is 0 Å². The maximum Gasteiger partial charge on any atom is 0.315 e. The standard InChI is InChI=1S/C11H17N3O2S/c1-7-6-17-10(12-7)8(2)13-11(15)14-9-3-4-16-5-9/h6,8-9H,3-5H2,1-2H3,(H2,13,14,15). The first kappa shape index (κ1) is 12.3. The summed E-state index contributed by atoms with van der Waals surface area (Å²) in [5, 5.41) is 8.68. The maximum absolute atomic E-state index is 11.7. The number of carbonyl (C=O) groups is 1. The monoisotopic (exact) mass is 255 g/mol. The van der Waals surface area contributed by atoms with Crippen molar-refractivity contribution in [2.75, 3.05) is 13.2 Å². The Bertz CT molecular complexity index is 388. The molecule has 0 aromatic carbocycles. The Morgan fingerprint density at radius 2 is 2.53 bits per heavy atom. The molecule has 1 aromatic heterocycles. The number of urea groups is 1. The molecular weight excluding hydrogens is 238 g/mol. The summed E-state index contributed by atoms with van der Waals surface area (Å²) in [7, 11) is 0. The van der Waals surface area contributed by atoms with E-state index in [0.717, 1.165) is 23.7 Å². The van der Waals surface area contributed by atoms with Crippen LogP contribution in [0.3, 0.4) is 0 Å².